The van der Waals surface area contributed by atoms with Crippen molar-refractivity contribution in [1.29, 1.82) is 0 Å². The molecule has 1 saturated carbocycles. The van der Waals surface area contributed by atoms with Crippen molar-refractivity contribution >= 4 is 11.9 Å². The maximum Gasteiger partial charge on any atom is 0.330 e. The van der Waals surface area contributed by atoms with Crippen molar-refractivity contribution in [3.05, 3.63) is 12.2 Å². The molecular formula is C12H18O4. The third-order valence-electron chi connectivity index (χ3n) is 2.97. The lowest BCUT2D eigenvalue weighted by molar-refractivity contribution is -0.142. The molecule has 0 aromatic carbocycles. The summed E-state index contributed by atoms with van der Waals surface area (Å²) in [7, 11) is 0. The van der Waals surface area contributed by atoms with Gasteiger partial charge in [-0.05, 0) is 25.2 Å². The first-order valence-electron chi connectivity index (χ1n) is 5.38. The van der Waals surface area contributed by atoms with Crippen LogP contribution in [0.25, 0.3) is 0 Å². The van der Waals surface area contributed by atoms with E-state index in [9.17, 15) is 9.59 Å². The zero-order chi connectivity index (χ0) is 12.5. The predicted molar refractivity (Wildman–Crippen MR) is 58.8 cm³/mol. The van der Waals surface area contributed by atoms with E-state index in [4.69, 9.17) is 9.84 Å². The topological polar surface area (TPSA) is 63.6 Å². The standard InChI is InChI=1S/C12H18O4/c1-7(2)16-9(13)6-5-8-10(11(14)15)12(8,3)4/h5-8,10H,1-4H3,(H,14,15)/b6-5+. The molecule has 0 spiro atoms. The van der Waals surface area contributed by atoms with Crippen molar-refractivity contribution in [3.8, 4) is 0 Å². The number of esters is 1. The molecular weight excluding hydrogens is 208 g/mol. The van der Waals surface area contributed by atoms with Crippen LogP contribution in [-0.4, -0.2) is 23.1 Å². The van der Waals surface area contributed by atoms with Gasteiger partial charge in [0.25, 0.3) is 0 Å². The van der Waals surface area contributed by atoms with Crippen LogP contribution in [0.4, 0.5) is 0 Å². The van der Waals surface area contributed by atoms with Gasteiger partial charge in [0.2, 0.25) is 0 Å². The number of rotatable bonds is 4. The van der Waals surface area contributed by atoms with Gasteiger partial charge in [-0.3, -0.25) is 4.79 Å². The largest absolute Gasteiger partial charge is 0.481 e. The lowest BCUT2D eigenvalue weighted by Gasteiger charge is -2.03. The first-order valence-corrected chi connectivity index (χ1v) is 5.38. The van der Waals surface area contributed by atoms with Crippen molar-refractivity contribution in [2.75, 3.05) is 0 Å². The van der Waals surface area contributed by atoms with Gasteiger partial charge in [-0.2, -0.15) is 0 Å². The monoisotopic (exact) mass is 226 g/mol. The van der Waals surface area contributed by atoms with E-state index in [1.165, 1.54) is 6.08 Å². The summed E-state index contributed by atoms with van der Waals surface area (Å²) in [5.74, 6) is -1.70. The molecule has 0 bridgehead atoms. The molecule has 1 aliphatic rings. The molecule has 0 aromatic rings. The highest BCUT2D eigenvalue weighted by atomic mass is 16.5. The number of allylic oxidation sites excluding steroid dienone is 1. The van der Waals surface area contributed by atoms with Crippen LogP contribution in [0.3, 0.4) is 0 Å². The summed E-state index contributed by atoms with van der Waals surface area (Å²) < 4.78 is 4.92. The Morgan fingerprint density at radius 2 is 1.94 bits per heavy atom. The van der Waals surface area contributed by atoms with Crippen LogP contribution >= 0.6 is 0 Å². The molecule has 1 fully saturated rings. The summed E-state index contributed by atoms with van der Waals surface area (Å²) in [5, 5.41) is 8.92. The van der Waals surface area contributed by atoms with Crippen molar-refractivity contribution in [3.63, 3.8) is 0 Å². The third-order valence-corrected chi connectivity index (χ3v) is 2.97. The van der Waals surface area contributed by atoms with E-state index >= 15 is 0 Å². The summed E-state index contributed by atoms with van der Waals surface area (Å²) >= 11 is 0. The fourth-order valence-corrected chi connectivity index (χ4v) is 1.96. The molecule has 0 heterocycles. The molecule has 0 radical (unpaired) electrons. The van der Waals surface area contributed by atoms with E-state index in [-0.39, 0.29) is 17.4 Å². The highest BCUT2D eigenvalue weighted by molar-refractivity contribution is 5.83. The van der Waals surface area contributed by atoms with Crippen molar-refractivity contribution in [2.45, 2.75) is 33.8 Å². The van der Waals surface area contributed by atoms with Crippen LogP contribution in [0.15, 0.2) is 12.2 Å². The Balaban J connectivity index is 2.54. The van der Waals surface area contributed by atoms with E-state index in [1.807, 2.05) is 13.8 Å². The molecule has 0 aromatic heterocycles. The summed E-state index contributed by atoms with van der Waals surface area (Å²) in [6.45, 7) is 7.31. The highest BCUT2D eigenvalue weighted by Crippen LogP contribution is 2.58. The molecule has 0 saturated heterocycles. The first-order chi connectivity index (χ1) is 7.26. The molecule has 1 rings (SSSR count). The second-order valence-corrected chi connectivity index (χ2v) is 5.01. The fourth-order valence-electron chi connectivity index (χ4n) is 1.96. The molecule has 2 unspecified atom stereocenters. The lowest BCUT2D eigenvalue weighted by Crippen LogP contribution is -2.08. The van der Waals surface area contributed by atoms with E-state index < -0.39 is 17.9 Å². The average Bonchev–Trinajstić information content (AvgIpc) is 2.63. The quantitative estimate of drug-likeness (QED) is 0.587. The van der Waals surface area contributed by atoms with Crippen LogP contribution in [0.1, 0.15) is 27.7 Å². The number of hydrogen-bond donors (Lipinski definition) is 1. The van der Waals surface area contributed by atoms with E-state index in [2.05, 4.69) is 0 Å². The Morgan fingerprint density at radius 1 is 1.38 bits per heavy atom. The smallest absolute Gasteiger partial charge is 0.330 e. The third kappa shape index (κ3) is 2.62. The second-order valence-electron chi connectivity index (χ2n) is 5.01. The predicted octanol–water partition coefficient (Wildman–Crippen LogP) is 1.85. The number of ether oxygens (including phenoxy) is 1. The Hall–Kier alpha value is -1.32. The minimum atomic E-state index is -0.808. The average molecular weight is 226 g/mol. The molecule has 1 N–H and O–H groups in total. The van der Waals surface area contributed by atoms with Gasteiger partial charge in [-0.1, -0.05) is 19.9 Å². The molecule has 16 heavy (non-hydrogen) atoms. The maximum atomic E-state index is 11.2. The number of carboxylic acids is 1. The molecule has 90 valence electrons. The van der Waals surface area contributed by atoms with Crippen LogP contribution in [0.2, 0.25) is 0 Å². The van der Waals surface area contributed by atoms with E-state index in [1.54, 1.807) is 19.9 Å². The SMILES string of the molecule is CC(C)OC(=O)/C=C/C1C(C(=O)O)C1(C)C. The van der Waals surface area contributed by atoms with Crippen LogP contribution in [-0.2, 0) is 14.3 Å². The Morgan fingerprint density at radius 3 is 2.31 bits per heavy atom. The molecule has 0 aliphatic heterocycles. The lowest BCUT2D eigenvalue weighted by atomic mass is 10.1. The van der Waals surface area contributed by atoms with Crippen molar-refractivity contribution in [1.82, 2.24) is 0 Å². The number of carbonyl (C=O) groups is 2. The zero-order valence-corrected chi connectivity index (χ0v) is 10.1. The minimum Gasteiger partial charge on any atom is -0.481 e. The van der Waals surface area contributed by atoms with Crippen molar-refractivity contribution in [2.24, 2.45) is 17.3 Å². The highest BCUT2D eigenvalue weighted by Gasteiger charge is 2.60. The summed E-state index contributed by atoms with van der Waals surface area (Å²) in [4.78, 5) is 22.1. The first kappa shape index (κ1) is 12.7. The maximum absolute atomic E-state index is 11.2. The number of carbonyl (C=O) groups excluding carboxylic acids is 1. The summed E-state index contributed by atoms with van der Waals surface area (Å²) in [6.07, 6.45) is 2.82. The summed E-state index contributed by atoms with van der Waals surface area (Å²) in [6, 6.07) is 0. The van der Waals surface area contributed by atoms with Crippen LogP contribution in [0, 0.1) is 17.3 Å². The van der Waals surface area contributed by atoms with E-state index in [0.717, 1.165) is 0 Å². The van der Waals surface area contributed by atoms with Gasteiger partial charge in [-0.25, -0.2) is 4.79 Å². The normalized spacial score (nSPS) is 27.1. The molecule has 0 amide bonds. The Kier molecular flexibility index (Phi) is 3.41. The van der Waals surface area contributed by atoms with E-state index in [0.29, 0.717) is 0 Å². The number of carboxylic acid groups (broad SMARTS) is 1. The second kappa shape index (κ2) is 4.28. The van der Waals surface area contributed by atoms with Gasteiger partial charge in [0.1, 0.15) is 0 Å². The number of aliphatic carboxylic acids is 1. The van der Waals surface area contributed by atoms with Gasteiger partial charge in [0.15, 0.2) is 0 Å². The van der Waals surface area contributed by atoms with Crippen LogP contribution in [0.5, 0.6) is 0 Å². The molecule has 1 aliphatic carbocycles. The van der Waals surface area contributed by atoms with Gasteiger partial charge in [0.05, 0.1) is 12.0 Å². The molecule has 4 heteroatoms. The number of hydrogen-bond acceptors (Lipinski definition) is 3. The molecule has 4 nitrogen and oxygen atoms in total. The van der Waals surface area contributed by atoms with Crippen LogP contribution < -0.4 is 0 Å². The van der Waals surface area contributed by atoms with Gasteiger partial charge in [0, 0.05) is 6.08 Å². The molecule has 2 atom stereocenters. The zero-order valence-electron chi connectivity index (χ0n) is 10.1. The van der Waals surface area contributed by atoms with Crippen molar-refractivity contribution < 1.29 is 19.4 Å². The van der Waals surface area contributed by atoms with Gasteiger partial charge >= 0.3 is 11.9 Å². The summed E-state index contributed by atoms with van der Waals surface area (Å²) in [5.41, 5.74) is -0.263. The van der Waals surface area contributed by atoms with Gasteiger partial charge in [-0.15, -0.1) is 0 Å². The minimum absolute atomic E-state index is 0.0790. The Bertz CT molecular complexity index is 328. The van der Waals surface area contributed by atoms with Gasteiger partial charge < -0.3 is 9.84 Å². The Labute approximate surface area is 95.3 Å². The fraction of sp³-hybridized carbons (Fsp3) is 0.667.